The number of para-hydroxylation sites is 1. The number of hydrogen-bond donors (Lipinski definition) is 1. The van der Waals surface area contributed by atoms with Gasteiger partial charge in [0.1, 0.15) is 0 Å². The third kappa shape index (κ3) is 3.40. The monoisotopic (exact) mass is 320 g/mol. The number of benzene rings is 1. The Balaban J connectivity index is 1.58. The van der Waals surface area contributed by atoms with Crippen LogP contribution in [0.1, 0.15) is 12.8 Å². The fraction of sp³-hybridized carbons (Fsp3) is 0.231. The Morgan fingerprint density at radius 3 is 3.00 bits per heavy atom. The largest absolute Gasteiger partial charge is 0.416 e. The molecule has 108 valence electrons. The first kappa shape index (κ1) is 14.0. The predicted molar refractivity (Wildman–Crippen MR) is 82.6 cm³/mol. The zero-order valence-corrected chi connectivity index (χ0v) is 12.8. The molecule has 0 aliphatic carbocycles. The molecule has 6 nitrogen and oxygen atoms in total. The minimum Gasteiger partial charge on any atom is -0.416 e. The molecule has 3 rings (SSSR count). The van der Waals surface area contributed by atoms with Crippen LogP contribution in [-0.2, 0) is 11.2 Å². The highest BCUT2D eigenvalue weighted by atomic mass is 32.2. The average molecular weight is 320 g/mol. The zero-order chi connectivity index (χ0) is 14.7. The number of amides is 1. The van der Waals surface area contributed by atoms with Crippen molar-refractivity contribution >= 4 is 44.4 Å². The van der Waals surface area contributed by atoms with Gasteiger partial charge in [-0.25, -0.2) is 4.98 Å². The summed E-state index contributed by atoms with van der Waals surface area (Å²) >= 11 is 2.67. The van der Waals surface area contributed by atoms with E-state index >= 15 is 0 Å². The second-order valence-electron chi connectivity index (χ2n) is 4.14. The van der Waals surface area contributed by atoms with Crippen molar-refractivity contribution < 1.29 is 9.21 Å². The van der Waals surface area contributed by atoms with Gasteiger partial charge in [-0.1, -0.05) is 42.2 Å². The lowest BCUT2D eigenvalue weighted by Crippen LogP contribution is -2.13. The number of anilines is 1. The van der Waals surface area contributed by atoms with Gasteiger partial charge in [0.25, 0.3) is 5.22 Å². The molecule has 0 fully saturated rings. The Labute approximate surface area is 129 Å². The molecule has 0 bridgehead atoms. The summed E-state index contributed by atoms with van der Waals surface area (Å²) in [7, 11) is 0. The Morgan fingerprint density at radius 1 is 1.38 bits per heavy atom. The molecule has 2 aromatic heterocycles. The first-order valence-corrected chi connectivity index (χ1v) is 8.15. The van der Waals surface area contributed by atoms with Crippen LogP contribution in [-0.4, -0.2) is 26.8 Å². The molecule has 21 heavy (non-hydrogen) atoms. The number of carbonyl (C=O) groups excluding carboxylic acids is 1. The second kappa shape index (κ2) is 6.23. The molecular formula is C13H12N4O2S2. The Kier molecular flexibility index (Phi) is 4.16. The lowest BCUT2D eigenvalue weighted by molar-refractivity contribution is -0.113. The van der Waals surface area contributed by atoms with Crippen molar-refractivity contribution in [3.8, 4) is 0 Å². The molecule has 0 unspecified atom stereocenters. The predicted octanol–water partition coefficient (Wildman–Crippen LogP) is 2.97. The number of rotatable bonds is 5. The summed E-state index contributed by atoms with van der Waals surface area (Å²) in [5.74, 6) is 0.640. The van der Waals surface area contributed by atoms with Crippen LogP contribution in [0.2, 0.25) is 0 Å². The number of carbonyl (C=O) groups is 1. The average Bonchev–Trinajstić information content (AvgIpc) is 3.10. The summed E-state index contributed by atoms with van der Waals surface area (Å²) in [5.41, 5.74) is 0.884. The Hall–Kier alpha value is -1.93. The van der Waals surface area contributed by atoms with E-state index < -0.39 is 0 Å². The molecule has 0 atom stereocenters. The smallest absolute Gasteiger partial charge is 0.277 e. The van der Waals surface area contributed by atoms with Gasteiger partial charge in [0, 0.05) is 6.42 Å². The van der Waals surface area contributed by atoms with Gasteiger partial charge in [-0.2, -0.15) is 0 Å². The first-order chi connectivity index (χ1) is 10.2. The van der Waals surface area contributed by atoms with Crippen molar-refractivity contribution in [2.45, 2.75) is 18.6 Å². The molecule has 0 aliphatic rings. The molecule has 1 N–H and O–H groups in total. The summed E-state index contributed by atoms with van der Waals surface area (Å²) in [6.45, 7) is 1.93. The van der Waals surface area contributed by atoms with Crippen LogP contribution in [0.5, 0.6) is 0 Å². The number of nitrogens with one attached hydrogen (secondary N) is 1. The fourth-order valence-electron chi connectivity index (χ4n) is 1.65. The van der Waals surface area contributed by atoms with Gasteiger partial charge in [0.2, 0.25) is 11.8 Å². The van der Waals surface area contributed by atoms with Crippen LogP contribution < -0.4 is 5.32 Å². The SMILES string of the molecule is CCc1nnc(SCC(=O)Nc2nc3ccccc3s2)o1. The van der Waals surface area contributed by atoms with Crippen LogP contribution in [0.4, 0.5) is 5.13 Å². The van der Waals surface area contributed by atoms with E-state index in [1.807, 2.05) is 31.2 Å². The van der Waals surface area contributed by atoms with Crippen molar-refractivity contribution in [1.82, 2.24) is 15.2 Å². The maximum Gasteiger partial charge on any atom is 0.277 e. The molecule has 3 aromatic rings. The number of aromatic nitrogens is 3. The van der Waals surface area contributed by atoms with Gasteiger partial charge in [-0.3, -0.25) is 4.79 Å². The summed E-state index contributed by atoms with van der Waals surface area (Å²) in [6, 6.07) is 7.76. The molecule has 0 aliphatic heterocycles. The van der Waals surface area contributed by atoms with Crippen molar-refractivity contribution in [1.29, 1.82) is 0 Å². The first-order valence-electron chi connectivity index (χ1n) is 6.35. The molecule has 0 spiro atoms. The third-order valence-corrected chi connectivity index (χ3v) is 4.39. The molecular weight excluding hydrogens is 308 g/mol. The Morgan fingerprint density at radius 2 is 2.24 bits per heavy atom. The fourth-order valence-corrected chi connectivity index (χ4v) is 3.11. The van der Waals surface area contributed by atoms with Crippen LogP contribution in [0, 0.1) is 0 Å². The molecule has 0 radical (unpaired) electrons. The van der Waals surface area contributed by atoms with E-state index in [2.05, 4.69) is 20.5 Å². The van der Waals surface area contributed by atoms with Crippen molar-refractivity contribution in [3.63, 3.8) is 0 Å². The van der Waals surface area contributed by atoms with E-state index in [9.17, 15) is 4.79 Å². The van der Waals surface area contributed by atoms with E-state index in [0.29, 0.717) is 22.7 Å². The summed E-state index contributed by atoms with van der Waals surface area (Å²) < 4.78 is 6.38. The number of thiazole rings is 1. The summed E-state index contributed by atoms with van der Waals surface area (Å²) in [5, 5.41) is 11.5. The molecule has 1 aromatic carbocycles. The summed E-state index contributed by atoms with van der Waals surface area (Å²) in [6.07, 6.45) is 0.686. The van der Waals surface area contributed by atoms with Gasteiger partial charge in [-0.05, 0) is 12.1 Å². The number of hydrogen-bond acceptors (Lipinski definition) is 7. The standard InChI is InChI=1S/C13H12N4O2S2/c1-2-11-16-17-13(19-11)20-7-10(18)15-12-14-8-5-3-4-6-9(8)21-12/h3-6H,2,7H2,1H3,(H,14,15,18). The number of nitrogens with zero attached hydrogens (tertiary/aromatic N) is 3. The third-order valence-electron chi connectivity index (χ3n) is 2.62. The van der Waals surface area contributed by atoms with Crippen LogP contribution in [0.25, 0.3) is 10.2 Å². The topological polar surface area (TPSA) is 80.9 Å². The second-order valence-corrected chi connectivity index (χ2v) is 6.10. The van der Waals surface area contributed by atoms with E-state index in [4.69, 9.17) is 4.42 Å². The lowest BCUT2D eigenvalue weighted by Gasteiger charge is -1.98. The van der Waals surface area contributed by atoms with Gasteiger partial charge in [0.15, 0.2) is 5.13 Å². The highest BCUT2D eigenvalue weighted by molar-refractivity contribution is 7.99. The lowest BCUT2D eigenvalue weighted by atomic mass is 10.3. The van der Waals surface area contributed by atoms with E-state index in [0.717, 1.165) is 10.2 Å². The number of aryl methyl sites for hydroxylation is 1. The van der Waals surface area contributed by atoms with E-state index in [1.165, 1.54) is 23.1 Å². The van der Waals surface area contributed by atoms with Crippen molar-refractivity contribution in [2.24, 2.45) is 0 Å². The maximum atomic E-state index is 11.9. The summed E-state index contributed by atoms with van der Waals surface area (Å²) in [4.78, 5) is 16.2. The van der Waals surface area contributed by atoms with Gasteiger partial charge >= 0.3 is 0 Å². The van der Waals surface area contributed by atoms with E-state index in [-0.39, 0.29) is 11.7 Å². The van der Waals surface area contributed by atoms with Gasteiger partial charge in [0.05, 0.1) is 16.0 Å². The Bertz CT molecular complexity index is 735. The van der Waals surface area contributed by atoms with Crippen LogP contribution >= 0.6 is 23.1 Å². The van der Waals surface area contributed by atoms with Crippen LogP contribution in [0.3, 0.4) is 0 Å². The minimum atomic E-state index is -0.143. The molecule has 8 heteroatoms. The normalized spacial score (nSPS) is 10.9. The highest BCUT2D eigenvalue weighted by Gasteiger charge is 2.11. The number of fused-ring (bicyclic) bond motifs is 1. The molecule has 0 saturated carbocycles. The molecule has 1 amide bonds. The van der Waals surface area contributed by atoms with Crippen molar-refractivity contribution in [3.05, 3.63) is 30.2 Å². The van der Waals surface area contributed by atoms with E-state index in [1.54, 1.807) is 0 Å². The van der Waals surface area contributed by atoms with Crippen molar-refractivity contribution in [2.75, 3.05) is 11.1 Å². The highest BCUT2D eigenvalue weighted by Crippen LogP contribution is 2.25. The zero-order valence-electron chi connectivity index (χ0n) is 11.2. The quantitative estimate of drug-likeness (QED) is 0.728. The minimum absolute atomic E-state index is 0.143. The number of thioether (sulfide) groups is 1. The van der Waals surface area contributed by atoms with Gasteiger partial charge in [-0.15, -0.1) is 10.2 Å². The maximum absolute atomic E-state index is 11.9. The molecule has 0 saturated heterocycles. The van der Waals surface area contributed by atoms with Crippen LogP contribution in [0.15, 0.2) is 33.9 Å². The van der Waals surface area contributed by atoms with Gasteiger partial charge < -0.3 is 9.73 Å². The molecule has 2 heterocycles.